The SMILES string of the molecule is C1CN(CCC2CCNC2)CCN1. The van der Waals surface area contributed by atoms with Gasteiger partial charge in [0.1, 0.15) is 0 Å². The summed E-state index contributed by atoms with van der Waals surface area (Å²) >= 11 is 0. The summed E-state index contributed by atoms with van der Waals surface area (Å²) in [7, 11) is 0. The molecule has 3 heteroatoms. The molecule has 0 aromatic rings. The van der Waals surface area contributed by atoms with Crippen LogP contribution in [0.15, 0.2) is 0 Å². The van der Waals surface area contributed by atoms with E-state index in [2.05, 4.69) is 15.5 Å². The lowest BCUT2D eigenvalue weighted by Crippen LogP contribution is -2.44. The molecular weight excluding hydrogens is 162 g/mol. The molecule has 0 aromatic heterocycles. The number of piperazine rings is 1. The third-order valence-corrected chi connectivity index (χ3v) is 3.23. The average Bonchev–Trinajstić information content (AvgIpc) is 2.69. The standard InChI is InChI=1S/C10H21N3/c1-3-12-9-10(1)2-6-13-7-4-11-5-8-13/h10-12H,1-9H2. The second-order valence-corrected chi connectivity index (χ2v) is 4.24. The molecule has 0 aromatic carbocycles. The Morgan fingerprint density at radius 1 is 1.08 bits per heavy atom. The highest BCUT2D eigenvalue weighted by molar-refractivity contribution is 4.74. The predicted molar refractivity (Wildman–Crippen MR) is 54.9 cm³/mol. The van der Waals surface area contributed by atoms with Crippen molar-refractivity contribution in [2.45, 2.75) is 12.8 Å². The number of rotatable bonds is 3. The van der Waals surface area contributed by atoms with Gasteiger partial charge in [-0.25, -0.2) is 0 Å². The molecule has 1 unspecified atom stereocenters. The molecule has 2 aliphatic heterocycles. The molecule has 0 saturated carbocycles. The highest BCUT2D eigenvalue weighted by Crippen LogP contribution is 2.12. The molecule has 0 amide bonds. The lowest BCUT2D eigenvalue weighted by Gasteiger charge is -2.27. The van der Waals surface area contributed by atoms with Crippen LogP contribution in [-0.2, 0) is 0 Å². The topological polar surface area (TPSA) is 27.3 Å². The van der Waals surface area contributed by atoms with Crippen molar-refractivity contribution in [1.82, 2.24) is 15.5 Å². The van der Waals surface area contributed by atoms with Crippen LogP contribution >= 0.6 is 0 Å². The van der Waals surface area contributed by atoms with E-state index in [1.54, 1.807) is 0 Å². The van der Waals surface area contributed by atoms with E-state index >= 15 is 0 Å². The van der Waals surface area contributed by atoms with Crippen LogP contribution in [0, 0.1) is 5.92 Å². The van der Waals surface area contributed by atoms with Crippen molar-refractivity contribution >= 4 is 0 Å². The second kappa shape index (κ2) is 4.94. The Morgan fingerprint density at radius 3 is 2.62 bits per heavy atom. The van der Waals surface area contributed by atoms with Gasteiger partial charge in [-0.05, 0) is 38.4 Å². The van der Waals surface area contributed by atoms with Crippen LogP contribution in [0.25, 0.3) is 0 Å². The lowest BCUT2D eigenvalue weighted by atomic mass is 10.0. The maximum Gasteiger partial charge on any atom is 0.0107 e. The summed E-state index contributed by atoms with van der Waals surface area (Å²) in [6.45, 7) is 8.68. The zero-order valence-electron chi connectivity index (χ0n) is 8.39. The fourth-order valence-electron chi connectivity index (χ4n) is 2.26. The van der Waals surface area contributed by atoms with Crippen LogP contribution in [0.5, 0.6) is 0 Å². The van der Waals surface area contributed by atoms with Crippen LogP contribution in [-0.4, -0.2) is 50.7 Å². The number of nitrogens with zero attached hydrogens (tertiary/aromatic N) is 1. The van der Waals surface area contributed by atoms with Gasteiger partial charge in [0.15, 0.2) is 0 Å². The third-order valence-electron chi connectivity index (χ3n) is 3.23. The molecule has 2 saturated heterocycles. The largest absolute Gasteiger partial charge is 0.316 e. The van der Waals surface area contributed by atoms with Crippen LogP contribution in [0.3, 0.4) is 0 Å². The fraction of sp³-hybridized carbons (Fsp3) is 1.00. The smallest absolute Gasteiger partial charge is 0.0107 e. The predicted octanol–water partition coefficient (Wildman–Crippen LogP) is -0.109. The van der Waals surface area contributed by atoms with E-state index in [0.29, 0.717) is 0 Å². The van der Waals surface area contributed by atoms with Crippen LogP contribution in [0.1, 0.15) is 12.8 Å². The zero-order chi connectivity index (χ0) is 8.93. The van der Waals surface area contributed by atoms with E-state index in [0.717, 1.165) is 5.92 Å². The normalized spacial score (nSPS) is 30.9. The Hall–Kier alpha value is -0.120. The fourth-order valence-corrected chi connectivity index (χ4v) is 2.26. The molecule has 0 spiro atoms. The Morgan fingerprint density at radius 2 is 1.92 bits per heavy atom. The van der Waals surface area contributed by atoms with Gasteiger partial charge in [-0.15, -0.1) is 0 Å². The van der Waals surface area contributed by atoms with Gasteiger partial charge >= 0.3 is 0 Å². The van der Waals surface area contributed by atoms with Crippen molar-refractivity contribution < 1.29 is 0 Å². The highest BCUT2D eigenvalue weighted by Gasteiger charge is 2.16. The van der Waals surface area contributed by atoms with Gasteiger partial charge in [-0.2, -0.15) is 0 Å². The summed E-state index contributed by atoms with van der Waals surface area (Å²) in [6.07, 6.45) is 2.79. The molecule has 2 aliphatic rings. The first-order chi connectivity index (χ1) is 6.45. The number of hydrogen-bond donors (Lipinski definition) is 2. The lowest BCUT2D eigenvalue weighted by molar-refractivity contribution is 0.226. The Balaban J connectivity index is 1.60. The minimum Gasteiger partial charge on any atom is -0.316 e. The van der Waals surface area contributed by atoms with Gasteiger partial charge in [0.25, 0.3) is 0 Å². The summed E-state index contributed by atoms with van der Waals surface area (Å²) in [5.41, 5.74) is 0. The van der Waals surface area contributed by atoms with Gasteiger partial charge in [0.2, 0.25) is 0 Å². The first kappa shape index (κ1) is 9.44. The molecule has 1 atom stereocenters. The van der Waals surface area contributed by atoms with E-state index in [4.69, 9.17) is 0 Å². The number of nitrogens with one attached hydrogen (secondary N) is 2. The van der Waals surface area contributed by atoms with Crippen molar-refractivity contribution in [3.63, 3.8) is 0 Å². The molecule has 13 heavy (non-hydrogen) atoms. The molecule has 3 nitrogen and oxygen atoms in total. The second-order valence-electron chi connectivity index (χ2n) is 4.24. The van der Waals surface area contributed by atoms with Crippen molar-refractivity contribution in [1.29, 1.82) is 0 Å². The molecule has 0 radical (unpaired) electrons. The summed E-state index contributed by atoms with van der Waals surface area (Å²) in [4.78, 5) is 2.59. The van der Waals surface area contributed by atoms with Crippen molar-refractivity contribution in [3.05, 3.63) is 0 Å². The summed E-state index contributed by atoms with van der Waals surface area (Å²) < 4.78 is 0. The zero-order valence-corrected chi connectivity index (χ0v) is 8.39. The van der Waals surface area contributed by atoms with Gasteiger partial charge in [0, 0.05) is 26.2 Å². The Kier molecular flexibility index (Phi) is 3.58. The maximum absolute atomic E-state index is 3.43. The minimum absolute atomic E-state index is 0.954. The van der Waals surface area contributed by atoms with Gasteiger partial charge in [0.05, 0.1) is 0 Å². The van der Waals surface area contributed by atoms with E-state index in [1.165, 1.54) is 58.7 Å². The molecular formula is C10H21N3. The summed E-state index contributed by atoms with van der Waals surface area (Å²) in [5, 5.41) is 6.82. The maximum atomic E-state index is 3.43. The van der Waals surface area contributed by atoms with Crippen molar-refractivity contribution in [2.24, 2.45) is 5.92 Å². The van der Waals surface area contributed by atoms with E-state index < -0.39 is 0 Å². The first-order valence-corrected chi connectivity index (χ1v) is 5.59. The molecule has 0 aliphatic carbocycles. The molecule has 76 valence electrons. The minimum atomic E-state index is 0.954. The quantitative estimate of drug-likeness (QED) is 0.639. The highest BCUT2D eigenvalue weighted by atomic mass is 15.2. The van der Waals surface area contributed by atoms with Crippen LogP contribution < -0.4 is 10.6 Å². The summed E-state index contributed by atoms with van der Waals surface area (Å²) in [5.74, 6) is 0.954. The monoisotopic (exact) mass is 183 g/mol. The van der Waals surface area contributed by atoms with Crippen LogP contribution in [0.4, 0.5) is 0 Å². The van der Waals surface area contributed by atoms with Crippen LogP contribution in [0.2, 0.25) is 0 Å². The third kappa shape index (κ3) is 2.93. The molecule has 2 rings (SSSR count). The molecule has 2 fully saturated rings. The van der Waals surface area contributed by atoms with Gasteiger partial charge in [-0.1, -0.05) is 0 Å². The first-order valence-electron chi connectivity index (χ1n) is 5.59. The van der Waals surface area contributed by atoms with Gasteiger partial charge in [-0.3, -0.25) is 0 Å². The Labute approximate surface area is 80.9 Å². The van der Waals surface area contributed by atoms with E-state index in [1.807, 2.05) is 0 Å². The Bertz CT molecular complexity index is 137. The van der Waals surface area contributed by atoms with E-state index in [9.17, 15) is 0 Å². The number of hydrogen-bond acceptors (Lipinski definition) is 3. The van der Waals surface area contributed by atoms with Gasteiger partial charge < -0.3 is 15.5 Å². The average molecular weight is 183 g/mol. The summed E-state index contributed by atoms with van der Waals surface area (Å²) in [6, 6.07) is 0. The molecule has 2 N–H and O–H groups in total. The van der Waals surface area contributed by atoms with Crippen molar-refractivity contribution in [3.8, 4) is 0 Å². The van der Waals surface area contributed by atoms with E-state index in [-0.39, 0.29) is 0 Å². The molecule has 2 heterocycles. The van der Waals surface area contributed by atoms with Crippen molar-refractivity contribution in [2.75, 3.05) is 45.8 Å². The molecule has 0 bridgehead atoms.